The third kappa shape index (κ3) is 4.35. The molecule has 2 aromatic heterocycles. The number of aryl methyl sites for hydroxylation is 1. The summed E-state index contributed by atoms with van der Waals surface area (Å²) in [6.45, 7) is 1.07. The van der Waals surface area contributed by atoms with Crippen LogP contribution in [0.15, 0.2) is 30.5 Å². The Morgan fingerprint density at radius 3 is 2.79 bits per heavy atom. The molecule has 2 atom stereocenters. The Kier molecular flexibility index (Phi) is 6.02. The molecule has 1 amide bonds. The summed E-state index contributed by atoms with van der Waals surface area (Å²) < 4.78 is 46.1. The summed E-state index contributed by atoms with van der Waals surface area (Å²) in [5, 5.41) is 4.47. The first-order chi connectivity index (χ1) is 18.7. The average molecular weight is 577 g/mol. The van der Waals surface area contributed by atoms with Gasteiger partial charge in [-0.15, -0.1) is 11.3 Å². The van der Waals surface area contributed by atoms with E-state index in [0.717, 1.165) is 53.1 Å². The van der Waals surface area contributed by atoms with Crippen molar-refractivity contribution in [1.82, 2.24) is 15.2 Å². The van der Waals surface area contributed by atoms with Gasteiger partial charge in [0, 0.05) is 57.6 Å². The molecule has 0 bridgehead atoms. The van der Waals surface area contributed by atoms with Gasteiger partial charge in [-0.3, -0.25) is 9.88 Å². The Hall–Kier alpha value is -2.56. The highest BCUT2D eigenvalue weighted by molar-refractivity contribution is 7.19. The third-order valence-corrected chi connectivity index (χ3v) is 10.2. The number of nitrogens with zero attached hydrogens (tertiary/aromatic N) is 3. The second kappa shape index (κ2) is 9.24. The zero-order valence-corrected chi connectivity index (χ0v) is 22.8. The first-order valence-corrected chi connectivity index (χ1v) is 14.6. The molecule has 6 nitrogen and oxygen atoms in total. The van der Waals surface area contributed by atoms with Crippen LogP contribution in [0.2, 0.25) is 5.02 Å². The normalized spacial score (nSPS) is 24.4. The second-order valence-electron chi connectivity index (χ2n) is 11.2. The number of carbonyl (C=O) groups is 1. The molecule has 7 rings (SSSR count). The number of alkyl halides is 3. The molecule has 1 N–H and O–H groups in total. The van der Waals surface area contributed by atoms with Crippen LogP contribution >= 0.6 is 22.9 Å². The van der Waals surface area contributed by atoms with Crippen LogP contribution in [-0.2, 0) is 17.7 Å². The summed E-state index contributed by atoms with van der Waals surface area (Å²) in [5.74, 6) is 0. The molecule has 1 aromatic carbocycles. The SMILES string of the molecule is O=C1OC[C@@H](C(F)(F)F)N1Cc1cc2nccc(-c3cc(Cl)cc4c3N([C@@H]3CNC5(CCC5)C3)CCC4)c2s1. The average Bonchev–Trinajstić information content (AvgIpc) is 3.59. The number of aromatic nitrogens is 1. The number of nitrogens with one attached hydrogen (secondary N) is 1. The second-order valence-corrected chi connectivity index (χ2v) is 12.8. The molecule has 3 aliphatic heterocycles. The highest BCUT2D eigenvalue weighted by atomic mass is 35.5. The van der Waals surface area contributed by atoms with E-state index in [4.69, 9.17) is 16.3 Å². The van der Waals surface area contributed by atoms with E-state index in [1.165, 1.54) is 41.9 Å². The topological polar surface area (TPSA) is 57.7 Å². The molecule has 2 saturated heterocycles. The fourth-order valence-electron chi connectivity index (χ4n) is 6.78. The van der Waals surface area contributed by atoms with Crippen LogP contribution in [-0.4, -0.2) is 59.5 Å². The van der Waals surface area contributed by atoms with Crippen molar-refractivity contribution in [2.24, 2.45) is 0 Å². The number of hydrogen-bond acceptors (Lipinski definition) is 6. The van der Waals surface area contributed by atoms with Crippen LogP contribution in [0.3, 0.4) is 0 Å². The largest absolute Gasteiger partial charge is 0.447 e. The number of amides is 1. The predicted octanol–water partition coefficient (Wildman–Crippen LogP) is 6.54. The fourth-order valence-corrected chi connectivity index (χ4v) is 8.17. The number of hydrogen-bond donors (Lipinski definition) is 1. The number of pyridine rings is 1. The zero-order valence-electron chi connectivity index (χ0n) is 21.2. The fraction of sp³-hybridized carbons (Fsp3) is 0.500. The lowest BCUT2D eigenvalue weighted by Gasteiger charge is -2.41. The van der Waals surface area contributed by atoms with Crippen molar-refractivity contribution in [3.05, 3.63) is 45.9 Å². The number of cyclic esters (lactones) is 1. The van der Waals surface area contributed by atoms with E-state index in [2.05, 4.69) is 21.3 Å². The van der Waals surface area contributed by atoms with Gasteiger partial charge < -0.3 is 15.0 Å². The lowest BCUT2D eigenvalue weighted by Crippen LogP contribution is -2.46. The van der Waals surface area contributed by atoms with Gasteiger partial charge in [-0.1, -0.05) is 11.6 Å². The minimum atomic E-state index is -4.55. The first kappa shape index (κ1) is 25.4. The first-order valence-electron chi connectivity index (χ1n) is 13.4. The molecule has 39 heavy (non-hydrogen) atoms. The Bertz CT molecular complexity index is 1460. The summed E-state index contributed by atoms with van der Waals surface area (Å²) in [6, 6.07) is 6.27. The Labute approximate surface area is 233 Å². The van der Waals surface area contributed by atoms with Gasteiger partial charge in [0.2, 0.25) is 0 Å². The van der Waals surface area contributed by atoms with E-state index in [9.17, 15) is 18.0 Å². The van der Waals surface area contributed by atoms with Gasteiger partial charge >= 0.3 is 12.3 Å². The van der Waals surface area contributed by atoms with Crippen molar-refractivity contribution in [3.63, 3.8) is 0 Å². The van der Waals surface area contributed by atoms with Gasteiger partial charge in [0.25, 0.3) is 0 Å². The van der Waals surface area contributed by atoms with Crippen molar-refractivity contribution in [1.29, 1.82) is 0 Å². The number of halogens is 4. The maximum atomic E-state index is 13.5. The molecule has 1 saturated carbocycles. The Morgan fingerprint density at radius 1 is 1.21 bits per heavy atom. The monoisotopic (exact) mass is 576 g/mol. The van der Waals surface area contributed by atoms with Gasteiger partial charge in [-0.2, -0.15) is 13.2 Å². The summed E-state index contributed by atoms with van der Waals surface area (Å²) in [6.07, 6.45) is 3.14. The number of thiophene rings is 1. The summed E-state index contributed by atoms with van der Waals surface area (Å²) in [5.41, 5.74) is 5.40. The molecule has 3 aromatic rings. The molecule has 11 heteroatoms. The lowest BCUT2D eigenvalue weighted by molar-refractivity contribution is -0.171. The van der Waals surface area contributed by atoms with E-state index in [0.29, 0.717) is 21.5 Å². The smallest absolute Gasteiger partial charge is 0.412 e. The van der Waals surface area contributed by atoms with Crippen molar-refractivity contribution in [2.75, 3.05) is 24.6 Å². The molecule has 0 unspecified atom stereocenters. The van der Waals surface area contributed by atoms with Crippen molar-refractivity contribution < 1.29 is 22.7 Å². The van der Waals surface area contributed by atoms with Crippen molar-refractivity contribution >= 4 is 44.9 Å². The molecule has 0 radical (unpaired) electrons. The third-order valence-electron chi connectivity index (χ3n) is 8.81. The molecular weight excluding hydrogens is 549 g/mol. The van der Waals surface area contributed by atoms with Gasteiger partial charge in [0.15, 0.2) is 6.04 Å². The summed E-state index contributed by atoms with van der Waals surface area (Å²) >= 11 is 8.02. The number of carbonyl (C=O) groups excluding carboxylic acids is 1. The molecule has 3 fully saturated rings. The quantitative estimate of drug-likeness (QED) is 0.382. The van der Waals surface area contributed by atoms with Gasteiger partial charge in [0.1, 0.15) is 6.61 Å². The van der Waals surface area contributed by atoms with Gasteiger partial charge in [-0.05, 0) is 68.4 Å². The molecule has 206 valence electrons. The van der Waals surface area contributed by atoms with E-state index in [1.54, 1.807) is 12.3 Å². The number of fused-ring (bicyclic) bond motifs is 2. The Balaban J connectivity index is 1.28. The van der Waals surface area contributed by atoms with Crippen LogP contribution in [0.5, 0.6) is 0 Å². The van der Waals surface area contributed by atoms with Crippen LogP contribution < -0.4 is 10.2 Å². The highest BCUT2D eigenvalue weighted by Crippen LogP contribution is 2.47. The molecule has 5 heterocycles. The zero-order chi connectivity index (χ0) is 26.9. The highest BCUT2D eigenvalue weighted by Gasteiger charge is 2.51. The molecule has 1 spiro atoms. The number of ether oxygens (including phenoxy) is 1. The van der Waals surface area contributed by atoms with Gasteiger partial charge in [0.05, 0.1) is 16.8 Å². The molecule has 1 aliphatic carbocycles. The van der Waals surface area contributed by atoms with Crippen LogP contribution in [0.1, 0.15) is 42.5 Å². The Morgan fingerprint density at radius 2 is 2.05 bits per heavy atom. The van der Waals surface area contributed by atoms with E-state index >= 15 is 0 Å². The minimum Gasteiger partial charge on any atom is -0.447 e. The summed E-state index contributed by atoms with van der Waals surface area (Å²) in [7, 11) is 0. The van der Waals surface area contributed by atoms with E-state index in [1.807, 2.05) is 12.1 Å². The van der Waals surface area contributed by atoms with Crippen LogP contribution in [0.4, 0.5) is 23.7 Å². The van der Waals surface area contributed by atoms with Crippen molar-refractivity contribution in [2.45, 2.75) is 68.9 Å². The standard InChI is InChI=1S/C28H28ClF3N4O2S/c29-17-9-16-3-1-8-35(18-12-27(34-13-18)5-2-6-27)24(16)21(10-17)20-4-7-33-22-11-19(39-25(20)22)14-36-23(28(30,31)32)15-38-26(36)37/h4,7,9-11,18,23,34H,1-3,5-6,8,12-15H2/t18-,23-/m0/s1. The lowest BCUT2D eigenvalue weighted by atomic mass is 9.75. The van der Waals surface area contributed by atoms with E-state index in [-0.39, 0.29) is 12.1 Å². The van der Waals surface area contributed by atoms with E-state index < -0.39 is 24.9 Å². The predicted molar refractivity (Wildman–Crippen MR) is 145 cm³/mol. The number of rotatable bonds is 4. The number of benzene rings is 1. The van der Waals surface area contributed by atoms with Crippen molar-refractivity contribution in [3.8, 4) is 11.1 Å². The maximum Gasteiger partial charge on any atom is 0.412 e. The van der Waals surface area contributed by atoms with Crippen LogP contribution in [0.25, 0.3) is 21.3 Å². The minimum absolute atomic E-state index is 0.181. The molecule has 4 aliphatic rings. The maximum absolute atomic E-state index is 13.5. The molecular formula is C28H28ClF3N4O2S. The van der Waals surface area contributed by atoms with Gasteiger partial charge in [-0.25, -0.2) is 4.79 Å². The van der Waals surface area contributed by atoms with Crippen LogP contribution in [0, 0.1) is 0 Å². The number of anilines is 1. The summed E-state index contributed by atoms with van der Waals surface area (Å²) in [4.78, 5) is 20.6.